The summed E-state index contributed by atoms with van der Waals surface area (Å²) in [5.41, 5.74) is 4.15. The Morgan fingerprint density at radius 1 is 1.02 bits per heavy atom. The van der Waals surface area contributed by atoms with Crippen molar-refractivity contribution >= 4 is 17.5 Å². The minimum Gasteiger partial charge on any atom is -0.507 e. The molecule has 2 saturated carbocycles. The Morgan fingerprint density at radius 2 is 1.62 bits per heavy atom. The van der Waals surface area contributed by atoms with E-state index < -0.39 is 63.9 Å². The van der Waals surface area contributed by atoms with Gasteiger partial charge in [-0.15, -0.1) is 0 Å². The topological polar surface area (TPSA) is 158 Å². The van der Waals surface area contributed by atoms with Crippen LogP contribution in [0.5, 0.6) is 5.75 Å². The fourth-order valence-corrected chi connectivity index (χ4v) is 8.95. The zero-order chi connectivity index (χ0) is 31.3. The highest BCUT2D eigenvalue weighted by molar-refractivity contribution is 6.09. The molecule has 0 saturated heterocycles. The molecule has 8 heteroatoms. The van der Waals surface area contributed by atoms with Crippen molar-refractivity contribution in [3.05, 3.63) is 53.1 Å². The fraction of sp³-hybridized carbons (Fsp3) is 0.559. The lowest BCUT2D eigenvalue weighted by Gasteiger charge is -2.66. The number of nitrogens with two attached hydrogens (primary N) is 1. The number of Topliss-reactive ketones (excluding diaryl/α,β-unsaturated/α-hetero) is 2. The molecule has 0 bridgehead atoms. The number of benzene rings is 2. The van der Waals surface area contributed by atoms with E-state index >= 15 is 0 Å². The Hall–Kier alpha value is -3.07. The maximum absolute atomic E-state index is 14.3. The molecular weight excluding hydrogens is 534 g/mol. The summed E-state index contributed by atoms with van der Waals surface area (Å²) >= 11 is 0. The molecule has 5 rings (SSSR count). The summed E-state index contributed by atoms with van der Waals surface area (Å²) < 4.78 is 0. The zero-order valence-corrected chi connectivity index (χ0v) is 25.4. The number of phenols is 1. The number of fused-ring (bicyclic) bond motifs is 3. The number of aliphatic hydroxyl groups excluding tert-OH is 2. The van der Waals surface area contributed by atoms with E-state index in [0.29, 0.717) is 5.56 Å². The molecule has 0 aromatic heterocycles. The van der Waals surface area contributed by atoms with Crippen LogP contribution in [0.1, 0.15) is 76.4 Å². The molecule has 3 aliphatic carbocycles. The molecule has 8 nitrogen and oxygen atoms in total. The van der Waals surface area contributed by atoms with Crippen LogP contribution in [0, 0.1) is 34.5 Å². The summed E-state index contributed by atoms with van der Waals surface area (Å²) in [4.78, 5) is 40.5. The average molecular weight is 578 g/mol. The molecular formula is C34H43NO7. The molecule has 42 heavy (non-hydrogen) atoms. The smallest absolute Gasteiger partial charge is 0.230 e. The standard InChI is InChI=1S/C34H43NO7/c1-16(2)24-27(38)23(30(35)41)28(39)34(42)29(40)25-26(37)22-20(14-32(25,6)15-33(24,34)7)19(12-13-21(22)36)17-8-10-18(11-9-17)31(3,4)5/h8-13,16,23-25,27,29,36,38,40,42H,14-15H2,1-7H3,(H2,35,41)/t23-,24+,25-,27?,29?,32-,33-,34+/m1/s1. The first-order valence-corrected chi connectivity index (χ1v) is 14.7. The first-order chi connectivity index (χ1) is 19.3. The van der Waals surface area contributed by atoms with Crippen molar-refractivity contribution < 1.29 is 34.8 Å². The van der Waals surface area contributed by atoms with Crippen molar-refractivity contribution in [2.45, 2.75) is 84.5 Å². The number of primary amides is 1. The molecule has 1 amide bonds. The van der Waals surface area contributed by atoms with Crippen LogP contribution in [0.25, 0.3) is 11.1 Å². The summed E-state index contributed by atoms with van der Waals surface area (Å²) in [7, 11) is 0. The highest BCUT2D eigenvalue weighted by Crippen LogP contribution is 2.66. The normalized spacial score (nSPS) is 36.3. The van der Waals surface area contributed by atoms with E-state index in [1.54, 1.807) is 13.0 Å². The third-order valence-electron chi connectivity index (χ3n) is 10.7. The Kier molecular flexibility index (Phi) is 6.85. The van der Waals surface area contributed by atoms with Crippen molar-refractivity contribution in [2.75, 3.05) is 0 Å². The third kappa shape index (κ3) is 3.95. The highest BCUT2D eigenvalue weighted by Gasteiger charge is 2.75. The number of carbonyl (C=O) groups is 3. The van der Waals surface area contributed by atoms with Gasteiger partial charge in [0.1, 0.15) is 17.8 Å². The van der Waals surface area contributed by atoms with Crippen molar-refractivity contribution in [3.8, 4) is 16.9 Å². The van der Waals surface area contributed by atoms with Gasteiger partial charge in [0.25, 0.3) is 0 Å². The summed E-state index contributed by atoms with van der Waals surface area (Å²) in [5, 5.41) is 46.4. The zero-order valence-electron chi connectivity index (χ0n) is 25.4. The van der Waals surface area contributed by atoms with Crippen molar-refractivity contribution in [1.29, 1.82) is 0 Å². The van der Waals surface area contributed by atoms with E-state index in [-0.39, 0.29) is 35.5 Å². The van der Waals surface area contributed by atoms with Gasteiger partial charge < -0.3 is 26.2 Å². The molecule has 2 unspecified atom stereocenters. The summed E-state index contributed by atoms with van der Waals surface area (Å²) in [6.45, 7) is 13.6. The van der Waals surface area contributed by atoms with Gasteiger partial charge in [0.15, 0.2) is 17.2 Å². The second-order valence-electron chi connectivity index (χ2n) is 14.8. The Bertz CT molecular complexity index is 1470. The minimum absolute atomic E-state index is 0.0451. The maximum atomic E-state index is 14.3. The summed E-state index contributed by atoms with van der Waals surface area (Å²) in [6, 6.07) is 11.3. The second-order valence-corrected chi connectivity index (χ2v) is 14.8. The number of ketones is 2. The number of aromatic hydroxyl groups is 1. The van der Waals surface area contributed by atoms with Gasteiger partial charge in [-0.1, -0.05) is 78.8 Å². The molecule has 3 aliphatic rings. The molecule has 2 aromatic carbocycles. The van der Waals surface area contributed by atoms with Crippen LogP contribution in [0.3, 0.4) is 0 Å². The van der Waals surface area contributed by atoms with Gasteiger partial charge in [0.05, 0.1) is 17.6 Å². The lowest BCUT2D eigenvalue weighted by atomic mass is 9.39. The first kappa shape index (κ1) is 30.4. The molecule has 8 atom stereocenters. The van der Waals surface area contributed by atoms with Crippen LogP contribution in [0.2, 0.25) is 0 Å². The number of amides is 1. The molecule has 226 valence electrons. The fourth-order valence-electron chi connectivity index (χ4n) is 8.95. The number of hydrogen-bond acceptors (Lipinski definition) is 7. The van der Waals surface area contributed by atoms with Crippen LogP contribution >= 0.6 is 0 Å². The van der Waals surface area contributed by atoms with Gasteiger partial charge in [-0.2, -0.15) is 0 Å². The number of phenolic OH excluding ortho intramolecular Hbond substituents is 1. The number of rotatable bonds is 3. The van der Waals surface area contributed by atoms with Crippen LogP contribution in [0.15, 0.2) is 36.4 Å². The van der Waals surface area contributed by atoms with E-state index in [2.05, 4.69) is 20.8 Å². The quantitative estimate of drug-likeness (QED) is 0.349. The Morgan fingerprint density at radius 3 is 2.14 bits per heavy atom. The SMILES string of the molecule is CC(C)[C@H]1C(O)[C@@H](C(N)=O)C(=O)[C@]2(O)C(O)[C@H]3C(=O)c4c(O)ccc(-c5ccc(C(C)(C)C)cc5)c4C[C@]3(C)C[C@]12C. The number of carbonyl (C=O) groups excluding carboxylic acids is 3. The molecule has 0 spiro atoms. The Labute approximate surface area is 247 Å². The second kappa shape index (κ2) is 9.46. The lowest BCUT2D eigenvalue weighted by molar-refractivity contribution is -0.265. The van der Waals surface area contributed by atoms with E-state index in [9.17, 15) is 34.8 Å². The molecule has 0 radical (unpaired) electrons. The van der Waals surface area contributed by atoms with E-state index in [1.165, 1.54) is 6.07 Å². The molecule has 2 aromatic rings. The Balaban J connectivity index is 1.70. The monoisotopic (exact) mass is 577 g/mol. The predicted molar refractivity (Wildman–Crippen MR) is 158 cm³/mol. The molecule has 6 N–H and O–H groups in total. The number of aliphatic hydroxyl groups is 3. The van der Waals surface area contributed by atoms with Crippen LogP contribution in [0.4, 0.5) is 0 Å². The summed E-state index contributed by atoms with van der Waals surface area (Å²) in [5.74, 6) is -7.00. The van der Waals surface area contributed by atoms with Gasteiger partial charge >= 0.3 is 0 Å². The predicted octanol–water partition coefficient (Wildman–Crippen LogP) is 3.54. The molecule has 0 heterocycles. The first-order valence-electron chi connectivity index (χ1n) is 14.7. The average Bonchev–Trinajstić information content (AvgIpc) is 2.85. The van der Waals surface area contributed by atoms with E-state index in [4.69, 9.17) is 5.73 Å². The van der Waals surface area contributed by atoms with Gasteiger partial charge in [0.2, 0.25) is 5.91 Å². The highest BCUT2D eigenvalue weighted by atomic mass is 16.4. The van der Waals surface area contributed by atoms with Crippen LogP contribution in [-0.2, 0) is 21.4 Å². The molecule has 2 fully saturated rings. The summed E-state index contributed by atoms with van der Waals surface area (Å²) in [6.07, 6.45) is -2.96. The van der Waals surface area contributed by atoms with Gasteiger partial charge in [-0.05, 0) is 63.8 Å². The van der Waals surface area contributed by atoms with Crippen molar-refractivity contribution in [3.63, 3.8) is 0 Å². The van der Waals surface area contributed by atoms with Crippen molar-refractivity contribution in [1.82, 2.24) is 0 Å². The maximum Gasteiger partial charge on any atom is 0.230 e. The molecule has 0 aliphatic heterocycles. The minimum atomic E-state index is -2.52. The number of hydrogen-bond donors (Lipinski definition) is 5. The van der Waals surface area contributed by atoms with E-state index in [0.717, 1.165) is 16.7 Å². The van der Waals surface area contributed by atoms with Gasteiger partial charge in [-0.3, -0.25) is 14.4 Å². The van der Waals surface area contributed by atoms with Gasteiger partial charge in [-0.25, -0.2) is 0 Å². The van der Waals surface area contributed by atoms with Crippen molar-refractivity contribution in [2.24, 2.45) is 40.2 Å². The van der Waals surface area contributed by atoms with Crippen LogP contribution in [-0.4, -0.2) is 55.7 Å². The largest absolute Gasteiger partial charge is 0.507 e. The van der Waals surface area contributed by atoms with Gasteiger partial charge in [0, 0.05) is 5.41 Å². The van der Waals surface area contributed by atoms with E-state index in [1.807, 2.05) is 45.0 Å². The third-order valence-corrected chi connectivity index (χ3v) is 10.7. The van der Waals surface area contributed by atoms with Crippen LogP contribution < -0.4 is 5.73 Å². The lowest BCUT2D eigenvalue weighted by Crippen LogP contribution is -2.79.